The molecule has 0 aliphatic heterocycles. The van der Waals surface area contributed by atoms with Crippen LogP contribution in [0, 0.1) is 11.6 Å². The van der Waals surface area contributed by atoms with Gasteiger partial charge in [-0.25, -0.2) is 13.5 Å². The summed E-state index contributed by atoms with van der Waals surface area (Å²) in [4.78, 5) is 12.0. The molecule has 0 fully saturated rings. The first-order chi connectivity index (χ1) is 9.72. The lowest BCUT2D eigenvalue weighted by Gasteiger charge is -2.20. The Hall–Kier alpha value is -1.54. The Morgan fingerprint density at radius 2 is 1.86 bits per heavy atom. The highest BCUT2D eigenvalue weighted by Gasteiger charge is 2.26. The maximum atomic E-state index is 13.6. The summed E-state index contributed by atoms with van der Waals surface area (Å²) in [6.07, 6.45) is 0. The average molecular weight is 320 g/mol. The molecule has 0 saturated carbocycles. The number of benzene rings is 1. The van der Waals surface area contributed by atoms with Crippen LogP contribution in [0.1, 0.15) is 32.3 Å². The number of hydrogen-bond acceptors (Lipinski definition) is 3. The minimum absolute atomic E-state index is 0.0661. The van der Waals surface area contributed by atoms with Gasteiger partial charge in [0.1, 0.15) is 11.6 Å². The third-order valence-corrected chi connectivity index (χ3v) is 4.75. The van der Waals surface area contributed by atoms with E-state index in [1.165, 1.54) is 6.92 Å². The summed E-state index contributed by atoms with van der Waals surface area (Å²) in [5.74, 6) is -3.58. The van der Waals surface area contributed by atoms with Crippen molar-refractivity contribution in [2.45, 2.75) is 26.7 Å². The van der Waals surface area contributed by atoms with Crippen molar-refractivity contribution in [2.75, 3.05) is 13.1 Å². The predicted octanol–water partition coefficient (Wildman–Crippen LogP) is 1.77. The van der Waals surface area contributed by atoms with E-state index in [4.69, 9.17) is 0 Å². The third-order valence-electron chi connectivity index (χ3n) is 3.10. The van der Waals surface area contributed by atoms with Crippen molar-refractivity contribution in [1.29, 1.82) is 0 Å². The van der Waals surface area contributed by atoms with Gasteiger partial charge in [0.05, 0.1) is 5.92 Å². The number of nitrogens with one attached hydrogen (secondary N) is 1. The molecule has 0 radical (unpaired) electrons. The first-order valence-electron chi connectivity index (χ1n) is 6.49. The molecule has 21 heavy (non-hydrogen) atoms. The molecule has 1 N–H and O–H groups in total. The summed E-state index contributed by atoms with van der Waals surface area (Å²) in [5.41, 5.74) is -0.0661. The zero-order valence-corrected chi connectivity index (χ0v) is 12.9. The SMILES string of the molecule is CCN(CC)S(=O)(=O)NC(=O)[C@@H](C)c1ccc(F)cc1F. The highest BCUT2D eigenvalue weighted by atomic mass is 32.2. The van der Waals surface area contributed by atoms with E-state index in [0.29, 0.717) is 6.07 Å². The minimum atomic E-state index is -3.96. The third kappa shape index (κ3) is 4.21. The van der Waals surface area contributed by atoms with Gasteiger partial charge in [0.25, 0.3) is 0 Å². The minimum Gasteiger partial charge on any atom is -0.273 e. The smallest absolute Gasteiger partial charge is 0.273 e. The van der Waals surface area contributed by atoms with Gasteiger partial charge in [0, 0.05) is 24.7 Å². The van der Waals surface area contributed by atoms with Gasteiger partial charge in [-0.3, -0.25) is 4.79 Å². The molecule has 1 aromatic carbocycles. The molecule has 0 bridgehead atoms. The van der Waals surface area contributed by atoms with E-state index in [1.807, 2.05) is 4.72 Å². The lowest BCUT2D eigenvalue weighted by molar-refractivity contribution is -0.120. The summed E-state index contributed by atoms with van der Waals surface area (Å²) >= 11 is 0. The molecule has 0 spiro atoms. The van der Waals surface area contributed by atoms with Crippen LogP contribution in [0.5, 0.6) is 0 Å². The van der Waals surface area contributed by atoms with Crippen LogP contribution in [-0.4, -0.2) is 31.7 Å². The molecule has 118 valence electrons. The first kappa shape index (κ1) is 17.5. The van der Waals surface area contributed by atoms with Crippen molar-refractivity contribution in [3.05, 3.63) is 35.4 Å². The summed E-state index contributed by atoms with van der Waals surface area (Å²) in [6.45, 7) is 5.03. The number of amides is 1. The summed E-state index contributed by atoms with van der Waals surface area (Å²) < 4.78 is 53.2. The number of nitrogens with zero attached hydrogens (tertiary/aromatic N) is 1. The Morgan fingerprint density at radius 3 is 2.33 bits per heavy atom. The fourth-order valence-corrected chi connectivity index (χ4v) is 3.08. The molecule has 1 aromatic rings. The second-order valence-corrected chi connectivity index (χ2v) is 6.11. The van der Waals surface area contributed by atoms with Gasteiger partial charge in [-0.15, -0.1) is 0 Å². The van der Waals surface area contributed by atoms with E-state index in [0.717, 1.165) is 16.4 Å². The normalized spacial score (nSPS) is 13.2. The fourth-order valence-electron chi connectivity index (χ4n) is 1.84. The van der Waals surface area contributed by atoms with Gasteiger partial charge in [-0.2, -0.15) is 12.7 Å². The van der Waals surface area contributed by atoms with E-state index in [1.54, 1.807) is 13.8 Å². The second-order valence-electron chi connectivity index (χ2n) is 4.44. The molecule has 0 heterocycles. The Morgan fingerprint density at radius 1 is 1.29 bits per heavy atom. The predicted molar refractivity (Wildman–Crippen MR) is 74.8 cm³/mol. The van der Waals surface area contributed by atoms with Crippen LogP contribution in [0.25, 0.3) is 0 Å². The largest absolute Gasteiger partial charge is 0.303 e. The van der Waals surface area contributed by atoms with Crippen LogP contribution in [0.2, 0.25) is 0 Å². The molecular formula is C13H18F2N2O3S. The van der Waals surface area contributed by atoms with Crippen LogP contribution < -0.4 is 4.72 Å². The molecule has 1 amide bonds. The van der Waals surface area contributed by atoms with E-state index in [2.05, 4.69) is 0 Å². The van der Waals surface area contributed by atoms with Crippen molar-refractivity contribution in [1.82, 2.24) is 9.03 Å². The molecule has 0 aliphatic carbocycles. The van der Waals surface area contributed by atoms with E-state index in [9.17, 15) is 22.0 Å². The van der Waals surface area contributed by atoms with Crippen LogP contribution in [0.15, 0.2) is 18.2 Å². The van der Waals surface area contributed by atoms with Crippen LogP contribution in [-0.2, 0) is 15.0 Å². The van der Waals surface area contributed by atoms with Crippen LogP contribution in [0.4, 0.5) is 8.78 Å². The van der Waals surface area contributed by atoms with Crippen LogP contribution >= 0.6 is 0 Å². The maximum absolute atomic E-state index is 13.6. The zero-order chi connectivity index (χ0) is 16.2. The van der Waals surface area contributed by atoms with Crippen molar-refractivity contribution >= 4 is 16.1 Å². The van der Waals surface area contributed by atoms with Crippen molar-refractivity contribution in [3.63, 3.8) is 0 Å². The number of hydrogen-bond donors (Lipinski definition) is 1. The standard InChI is InChI=1S/C13H18F2N2O3S/c1-4-17(5-2)21(19,20)16-13(18)9(3)11-7-6-10(14)8-12(11)15/h6-9H,4-5H2,1-3H3,(H,16,18)/t9-/m0/s1. The Balaban J connectivity index is 2.93. The van der Waals surface area contributed by atoms with E-state index >= 15 is 0 Å². The quantitative estimate of drug-likeness (QED) is 0.869. The summed E-state index contributed by atoms with van der Waals surface area (Å²) in [7, 11) is -3.96. The zero-order valence-electron chi connectivity index (χ0n) is 12.1. The molecule has 0 unspecified atom stereocenters. The molecule has 1 rings (SSSR count). The number of carbonyl (C=O) groups is 1. The van der Waals surface area contributed by atoms with Gasteiger partial charge < -0.3 is 0 Å². The molecule has 8 heteroatoms. The molecule has 0 aliphatic rings. The van der Waals surface area contributed by atoms with Crippen LogP contribution in [0.3, 0.4) is 0 Å². The monoisotopic (exact) mass is 320 g/mol. The van der Waals surface area contributed by atoms with Gasteiger partial charge in [-0.05, 0) is 13.0 Å². The van der Waals surface area contributed by atoms with E-state index < -0.39 is 33.7 Å². The molecule has 1 atom stereocenters. The first-order valence-corrected chi connectivity index (χ1v) is 7.93. The number of carbonyl (C=O) groups excluding carboxylic acids is 1. The van der Waals surface area contributed by atoms with Gasteiger partial charge in [0.15, 0.2) is 0 Å². The highest BCUT2D eigenvalue weighted by molar-refractivity contribution is 7.87. The Kier molecular flexibility index (Phi) is 5.79. The molecular weight excluding hydrogens is 302 g/mol. The lowest BCUT2D eigenvalue weighted by Crippen LogP contribution is -2.44. The van der Waals surface area contributed by atoms with Crippen molar-refractivity contribution < 1.29 is 22.0 Å². The maximum Gasteiger partial charge on any atom is 0.303 e. The molecule has 5 nitrogen and oxygen atoms in total. The van der Waals surface area contributed by atoms with E-state index in [-0.39, 0.29) is 18.7 Å². The second kappa shape index (κ2) is 6.95. The molecule has 0 saturated heterocycles. The Bertz CT molecular complexity index is 616. The average Bonchev–Trinajstić information content (AvgIpc) is 2.38. The van der Waals surface area contributed by atoms with Crippen molar-refractivity contribution in [2.24, 2.45) is 0 Å². The highest BCUT2D eigenvalue weighted by Crippen LogP contribution is 2.20. The van der Waals surface area contributed by atoms with Gasteiger partial charge in [-0.1, -0.05) is 19.9 Å². The number of rotatable bonds is 6. The Labute approximate surface area is 123 Å². The van der Waals surface area contributed by atoms with Gasteiger partial charge >= 0.3 is 10.2 Å². The number of halogens is 2. The molecule has 0 aromatic heterocycles. The van der Waals surface area contributed by atoms with Crippen molar-refractivity contribution in [3.8, 4) is 0 Å². The lowest BCUT2D eigenvalue weighted by atomic mass is 10.0. The summed E-state index contributed by atoms with van der Waals surface area (Å²) in [5, 5.41) is 0. The summed E-state index contributed by atoms with van der Waals surface area (Å²) in [6, 6.07) is 2.79. The topological polar surface area (TPSA) is 66.5 Å². The van der Waals surface area contributed by atoms with Gasteiger partial charge in [0.2, 0.25) is 5.91 Å². The fraction of sp³-hybridized carbons (Fsp3) is 0.462.